The zero-order chi connectivity index (χ0) is 13.9. The van der Waals surface area contributed by atoms with Gasteiger partial charge in [0.25, 0.3) is 0 Å². The molecule has 0 radical (unpaired) electrons. The van der Waals surface area contributed by atoms with E-state index in [0.29, 0.717) is 6.42 Å². The molecule has 0 aliphatic carbocycles. The minimum Gasteiger partial charge on any atom is -0.378 e. The van der Waals surface area contributed by atoms with E-state index in [0.717, 1.165) is 11.1 Å². The number of aliphatic hydroxyl groups is 1. The van der Waals surface area contributed by atoms with Crippen molar-refractivity contribution in [3.8, 4) is 0 Å². The van der Waals surface area contributed by atoms with Crippen molar-refractivity contribution in [2.24, 2.45) is 5.73 Å². The van der Waals surface area contributed by atoms with Gasteiger partial charge < -0.3 is 10.8 Å². The lowest BCUT2D eigenvalue weighted by Gasteiger charge is -2.43. The first-order valence-corrected chi connectivity index (χ1v) is 6.64. The van der Waals surface area contributed by atoms with Gasteiger partial charge in [0, 0.05) is 0 Å². The third kappa shape index (κ3) is 2.29. The number of hydrogen-bond acceptors (Lipinski definition) is 2. The van der Waals surface area contributed by atoms with Crippen LogP contribution in [0.1, 0.15) is 31.4 Å². The van der Waals surface area contributed by atoms with Crippen LogP contribution in [0.3, 0.4) is 0 Å². The summed E-state index contributed by atoms with van der Waals surface area (Å²) in [4.78, 5) is 0. The third-order valence-electron chi connectivity index (χ3n) is 3.94. The molecule has 0 aromatic heterocycles. The second-order valence-electron chi connectivity index (χ2n) is 5.21. The molecule has 0 saturated carbocycles. The first kappa shape index (κ1) is 13.8. The van der Waals surface area contributed by atoms with Crippen LogP contribution in [0, 0.1) is 0 Å². The first-order valence-electron chi connectivity index (χ1n) is 6.64. The molecule has 0 amide bonds. The fourth-order valence-electron chi connectivity index (χ4n) is 2.44. The highest BCUT2D eigenvalue weighted by Gasteiger charge is 2.45. The van der Waals surface area contributed by atoms with Gasteiger partial charge in [-0.05, 0) is 24.5 Å². The van der Waals surface area contributed by atoms with Crippen molar-refractivity contribution in [2.45, 2.75) is 31.4 Å². The Morgan fingerprint density at radius 3 is 1.58 bits per heavy atom. The second-order valence-corrected chi connectivity index (χ2v) is 5.21. The van der Waals surface area contributed by atoms with Crippen molar-refractivity contribution in [3.63, 3.8) is 0 Å². The van der Waals surface area contributed by atoms with Crippen LogP contribution in [-0.4, -0.2) is 10.6 Å². The van der Waals surface area contributed by atoms with E-state index >= 15 is 0 Å². The van der Waals surface area contributed by atoms with Gasteiger partial charge in [0.1, 0.15) is 5.60 Å². The summed E-state index contributed by atoms with van der Waals surface area (Å²) in [6.07, 6.45) is 0.674. The molecular weight excluding hydrogens is 234 g/mol. The number of rotatable bonds is 4. The average molecular weight is 255 g/mol. The van der Waals surface area contributed by atoms with Crippen molar-refractivity contribution in [2.75, 3.05) is 0 Å². The normalized spacial score (nSPS) is 14.9. The van der Waals surface area contributed by atoms with E-state index in [9.17, 15) is 5.11 Å². The molecule has 2 heteroatoms. The molecule has 1 atom stereocenters. The lowest BCUT2D eigenvalue weighted by atomic mass is 9.71. The highest BCUT2D eigenvalue weighted by atomic mass is 16.3. The Bertz CT molecular complexity index is 480. The monoisotopic (exact) mass is 255 g/mol. The highest BCUT2D eigenvalue weighted by Crippen LogP contribution is 2.39. The molecule has 0 heterocycles. The smallest absolute Gasteiger partial charge is 0.132 e. The van der Waals surface area contributed by atoms with Crippen LogP contribution >= 0.6 is 0 Å². The third-order valence-corrected chi connectivity index (χ3v) is 3.94. The molecule has 0 fully saturated rings. The van der Waals surface area contributed by atoms with Crippen molar-refractivity contribution in [1.82, 2.24) is 0 Å². The van der Waals surface area contributed by atoms with Crippen LogP contribution in [0.5, 0.6) is 0 Å². The fraction of sp³-hybridized carbons (Fsp3) is 0.294. The van der Waals surface area contributed by atoms with Gasteiger partial charge in [-0.15, -0.1) is 0 Å². The number of benzene rings is 2. The van der Waals surface area contributed by atoms with E-state index in [1.165, 1.54) is 0 Å². The predicted molar refractivity (Wildman–Crippen MR) is 78.8 cm³/mol. The lowest BCUT2D eigenvalue weighted by Crippen LogP contribution is -2.56. The molecule has 0 spiro atoms. The summed E-state index contributed by atoms with van der Waals surface area (Å²) in [5.74, 6) is 0. The summed E-state index contributed by atoms with van der Waals surface area (Å²) >= 11 is 0. The molecule has 0 saturated heterocycles. The molecule has 100 valence electrons. The molecule has 3 N–H and O–H groups in total. The van der Waals surface area contributed by atoms with Crippen LogP contribution in [0.25, 0.3) is 0 Å². The Balaban J connectivity index is 2.65. The maximum absolute atomic E-state index is 11.4. The van der Waals surface area contributed by atoms with E-state index in [-0.39, 0.29) is 0 Å². The summed E-state index contributed by atoms with van der Waals surface area (Å²) in [5.41, 5.74) is 6.13. The minimum absolute atomic E-state index is 0.674. The molecule has 0 aliphatic rings. The van der Waals surface area contributed by atoms with Crippen LogP contribution in [0.2, 0.25) is 0 Å². The van der Waals surface area contributed by atoms with E-state index in [4.69, 9.17) is 5.73 Å². The topological polar surface area (TPSA) is 46.2 Å². The summed E-state index contributed by atoms with van der Waals surface area (Å²) in [6, 6.07) is 19.3. The van der Waals surface area contributed by atoms with Gasteiger partial charge in [-0.2, -0.15) is 0 Å². The van der Waals surface area contributed by atoms with E-state index in [2.05, 4.69) is 0 Å². The number of nitrogens with two attached hydrogens (primary N) is 1. The van der Waals surface area contributed by atoms with Gasteiger partial charge >= 0.3 is 0 Å². The highest BCUT2D eigenvalue weighted by molar-refractivity contribution is 5.40. The van der Waals surface area contributed by atoms with E-state index in [1.54, 1.807) is 0 Å². The van der Waals surface area contributed by atoms with Gasteiger partial charge in [0.2, 0.25) is 0 Å². The Kier molecular flexibility index (Phi) is 3.74. The van der Waals surface area contributed by atoms with Crippen molar-refractivity contribution < 1.29 is 5.11 Å². The molecule has 0 unspecified atom stereocenters. The van der Waals surface area contributed by atoms with Crippen LogP contribution < -0.4 is 5.73 Å². The molecular formula is C17H21NO. The average Bonchev–Trinajstić information content (AvgIpc) is 2.48. The molecule has 2 nitrogen and oxygen atoms in total. The van der Waals surface area contributed by atoms with Gasteiger partial charge in [-0.1, -0.05) is 67.6 Å². The Morgan fingerprint density at radius 1 is 0.895 bits per heavy atom. The van der Waals surface area contributed by atoms with Gasteiger partial charge in [-0.25, -0.2) is 0 Å². The van der Waals surface area contributed by atoms with Crippen molar-refractivity contribution in [1.29, 1.82) is 0 Å². The molecule has 19 heavy (non-hydrogen) atoms. The van der Waals surface area contributed by atoms with Crippen LogP contribution in [0.4, 0.5) is 0 Å². The predicted octanol–water partition coefficient (Wildman–Crippen LogP) is 3.05. The fourth-order valence-corrected chi connectivity index (χ4v) is 2.44. The summed E-state index contributed by atoms with van der Waals surface area (Å²) < 4.78 is 0. The molecule has 2 aromatic rings. The van der Waals surface area contributed by atoms with Crippen LogP contribution in [-0.2, 0) is 5.60 Å². The zero-order valence-electron chi connectivity index (χ0n) is 11.5. The SMILES string of the molecule is CC[C@](C)(N)C(O)(c1ccccc1)c1ccccc1. The molecule has 0 bridgehead atoms. The first-order chi connectivity index (χ1) is 9.02. The van der Waals surface area contributed by atoms with Gasteiger partial charge in [-0.3, -0.25) is 0 Å². The Morgan fingerprint density at radius 2 is 1.26 bits per heavy atom. The van der Waals surface area contributed by atoms with Crippen LogP contribution in [0.15, 0.2) is 60.7 Å². The standard InChI is InChI=1S/C17H21NO/c1-3-16(2,18)17(19,14-10-6-4-7-11-14)15-12-8-5-9-13-15/h4-13,19H,3,18H2,1-2H3/t16-/m0/s1. The largest absolute Gasteiger partial charge is 0.378 e. The van der Waals surface area contributed by atoms with E-state index < -0.39 is 11.1 Å². The van der Waals surface area contributed by atoms with Gasteiger partial charge in [0.05, 0.1) is 5.54 Å². The second kappa shape index (κ2) is 5.16. The quantitative estimate of drug-likeness (QED) is 0.882. The lowest BCUT2D eigenvalue weighted by molar-refractivity contribution is 0.00270. The Hall–Kier alpha value is -1.64. The minimum atomic E-state index is -1.19. The molecule has 0 aliphatic heterocycles. The maximum atomic E-state index is 11.4. The van der Waals surface area contributed by atoms with Crippen molar-refractivity contribution in [3.05, 3.63) is 71.8 Å². The Labute approximate surface area is 114 Å². The summed E-state index contributed by atoms with van der Waals surface area (Å²) in [6.45, 7) is 3.89. The zero-order valence-corrected chi connectivity index (χ0v) is 11.5. The summed E-state index contributed by atoms with van der Waals surface area (Å²) in [7, 11) is 0. The maximum Gasteiger partial charge on any atom is 0.132 e. The molecule has 2 rings (SSSR count). The molecule has 2 aromatic carbocycles. The number of hydrogen-bond donors (Lipinski definition) is 2. The van der Waals surface area contributed by atoms with E-state index in [1.807, 2.05) is 74.5 Å². The van der Waals surface area contributed by atoms with Gasteiger partial charge in [0.15, 0.2) is 0 Å². The summed E-state index contributed by atoms with van der Waals surface area (Å²) in [5, 5.41) is 11.4. The van der Waals surface area contributed by atoms with Crippen molar-refractivity contribution >= 4 is 0 Å².